The fourth-order valence-electron chi connectivity index (χ4n) is 3.63. The van der Waals surface area contributed by atoms with Gasteiger partial charge in [0.05, 0.1) is 18.5 Å². The largest absolute Gasteiger partial charge is 0.494 e. The Bertz CT molecular complexity index is 1090. The van der Waals surface area contributed by atoms with Crippen LogP contribution in [0.1, 0.15) is 28.2 Å². The summed E-state index contributed by atoms with van der Waals surface area (Å²) in [5, 5.41) is 4.48. The van der Waals surface area contributed by atoms with Crippen molar-refractivity contribution in [1.82, 2.24) is 15.3 Å². The van der Waals surface area contributed by atoms with E-state index >= 15 is 0 Å². The fourth-order valence-corrected chi connectivity index (χ4v) is 3.63. The van der Waals surface area contributed by atoms with Crippen LogP contribution < -0.4 is 5.32 Å². The van der Waals surface area contributed by atoms with Gasteiger partial charge in [-0.15, -0.1) is 0 Å². The van der Waals surface area contributed by atoms with Gasteiger partial charge in [0, 0.05) is 40.5 Å². The Morgan fingerprint density at radius 3 is 2.70 bits per heavy atom. The van der Waals surface area contributed by atoms with Gasteiger partial charge in [-0.25, -0.2) is 4.99 Å². The number of allylic oxidation sites excluding steroid dienone is 1. The first-order valence-electron chi connectivity index (χ1n) is 9.08. The minimum absolute atomic E-state index is 0.766. The summed E-state index contributed by atoms with van der Waals surface area (Å²) in [7, 11) is 3.64. The van der Waals surface area contributed by atoms with Crippen LogP contribution in [-0.2, 0) is 11.3 Å². The molecule has 1 aliphatic rings. The summed E-state index contributed by atoms with van der Waals surface area (Å²) in [5.41, 5.74) is 8.46. The van der Waals surface area contributed by atoms with Crippen molar-refractivity contribution < 1.29 is 4.74 Å². The summed E-state index contributed by atoms with van der Waals surface area (Å²) in [5.74, 6) is 0.769. The highest BCUT2D eigenvalue weighted by Gasteiger charge is 2.21. The highest BCUT2D eigenvalue weighted by molar-refractivity contribution is 6.14. The van der Waals surface area contributed by atoms with Gasteiger partial charge < -0.3 is 20.0 Å². The van der Waals surface area contributed by atoms with Gasteiger partial charge in [0.2, 0.25) is 0 Å². The lowest BCUT2D eigenvalue weighted by molar-refractivity contribution is 0.303. The molecule has 27 heavy (non-hydrogen) atoms. The number of aromatic nitrogens is 2. The normalized spacial score (nSPS) is 15.5. The van der Waals surface area contributed by atoms with Crippen molar-refractivity contribution in [3.05, 3.63) is 76.1 Å². The zero-order chi connectivity index (χ0) is 19.0. The first-order chi connectivity index (χ1) is 13.1. The van der Waals surface area contributed by atoms with Crippen molar-refractivity contribution in [2.45, 2.75) is 20.4 Å². The third-order valence-corrected chi connectivity index (χ3v) is 4.88. The molecule has 0 saturated heterocycles. The molecule has 0 radical (unpaired) electrons. The standard InChI is InChI=1S/C22H24N4O/c1-13-9-14(2)24-18(13)10-19-21(27-4)11-20(25-19)22-16(12-23-3)15-7-5-6-8-17(15)26-22/h5-11,23-24,26H,12H2,1-4H3/b19-10-. The van der Waals surface area contributed by atoms with Crippen LogP contribution in [0.15, 0.2) is 52.9 Å². The molecule has 0 aliphatic carbocycles. The fraction of sp³-hybridized carbons (Fsp3) is 0.227. The summed E-state index contributed by atoms with van der Waals surface area (Å²) in [6.45, 7) is 4.91. The number of nitrogens with one attached hydrogen (secondary N) is 3. The highest BCUT2D eigenvalue weighted by atomic mass is 16.5. The molecular weight excluding hydrogens is 336 g/mol. The zero-order valence-corrected chi connectivity index (χ0v) is 16.1. The molecule has 0 atom stereocenters. The van der Waals surface area contributed by atoms with E-state index in [-0.39, 0.29) is 0 Å². The second kappa shape index (κ2) is 6.93. The van der Waals surface area contributed by atoms with E-state index in [2.05, 4.69) is 53.4 Å². The van der Waals surface area contributed by atoms with E-state index in [0.29, 0.717) is 0 Å². The third-order valence-electron chi connectivity index (χ3n) is 4.88. The molecule has 3 heterocycles. The quantitative estimate of drug-likeness (QED) is 0.638. The van der Waals surface area contributed by atoms with E-state index in [1.165, 1.54) is 16.5 Å². The monoisotopic (exact) mass is 360 g/mol. The van der Waals surface area contributed by atoms with E-state index < -0.39 is 0 Å². The van der Waals surface area contributed by atoms with Gasteiger partial charge in [0.15, 0.2) is 0 Å². The van der Waals surface area contributed by atoms with Gasteiger partial charge in [0.25, 0.3) is 0 Å². The van der Waals surface area contributed by atoms with Crippen molar-refractivity contribution in [2.75, 3.05) is 14.2 Å². The lowest BCUT2D eigenvalue weighted by Crippen LogP contribution is -2.09. The molecule has 1 aliphatic heterocycles. The van der Waals surface area contributed by atoms with Crippen LogP contribution in [0, 0.1) is 13.8 Å². The molecule has 0 saturated carbocycles. The molecule has 5 nitrogen and oxygen atoms in total. The van der Waals surface area contributed by atoms with Crippen LogP contribution >= 0.6 is 0 Å². The van der Waals surface area contributed by atoms with Gasteiger partial charge >= 0.3 is 0 Å². The van der Waals surface area contributed by atoms with E-state index in [1.54, 1.807) is 7.11 Å². The molecule has 4 rings (SSSR count). The number of hydrogen-bond acceptors (Lipinski definition) is 3. The Morgan fingerprint density at radius 2 is 2.00 bits per heavy atom. The second-order valence-corrected chi connectivity index (χ2v) is 6.84. The summed E-state index contributed by atoms with van der Waals surface area (Å²) >= 11 is 0. The average Bonchev–Trinajstić information content (AvgIpc) is 3.31. The third kappa shape index (κ3) is 3.11. The summed E-state index contributed by atoms with van der Waals surface area (Å²) in [6.07, 6.45) is 4.05. The molecule has 3 aromatic rings. The van der Waals surface area contributed by atoms with Crippen molar-refractivity contribution in [2.24, 2.45) is 4.99 Å². The SMILES string of the molecule is CNCc1c(C2=N/C(=C\c3[nH]c(C)cc3C)C(OC)=C2)[nH]c2ccccc12. The Morgan fingerprint density at radius 1 is 1.19 bits per heavy atom. The smallest absolute Gasteiger partial charge is 0.146 e. The molecule has 5 heteroatoms. The molecule has 0 unspecified atom stereocenters. The molecule has 1 aromatic carbocycles. The molecule has 0 amide bonds. The molecule has 3 N–H and O–H groups in total. The van der Waals surface area contributed by atoms with Gasteiger partial charge in [-0.3, -0.25) is 0 Å². The number of nitrogens with zero attached hydrogens (tertiary/aromatic N) is 1. The van der Waals surface area contributed by atoms with Gasteiger partial charge in [-0.1, -0.05) is 18.2 Å². The molecule has 138 valence electrons. The number of aromatic amines is 2. The molecule has 2 aromatic heterocycles. The van der Waals surface area contributed by atoms with E-state index in [1.807, 2.05) is 25.3 Å². The maximum atomic E-state index is 5.60. The van der Waals surface area contributed by atoms with Gasteiger partial charge in [0.1, 0.15) is 11.5 Å². The van der Waals surface area contributed by atoms with Crippen molar-refractivity contribution in [3.63, 3.8) is 0 Å². The van der Waals surface area contributed by atoms with Gasteiger partial charge in [-0.2, -0.15) is 0 Å². The van der Waals surface area contributed by atoms with Crippen LogP contribution in [-0.4, -0.2) is 29.8 Å². The number of hydrogen-bond donors (Lipinski definition) is 3. The predicted molar refractivity (Wildman–Crippen MR) is 111 cm³/mol. The van der Waals surface area contributed by atoms with Crippen molar-refractivity contribution in [1.29, 1.82) is 0 Å². The first kappa shape index (κ1) is 17.4. The number of aryl methyl sites for hydroxylation is 2. The second-order valence-electron chi connectivity index (χ2n) is 6.84. The lowest BCUT2D eigenvalue weighted by atomic mass is 10.1. The molecule has 0 bridgehead atoms. The highest BCUT2D eigenvalue weighted by Crippen LogP contribution is 2.29. The number of ether oxygens (including phenoxy) is 1. The maximum absolute atomic E-state index is 5.60. The number of methoxy groups -OCH3 is 1. The average molecular weight is 360 g/mol. The molecular formula is C22H24N4O. The summed E-state index contributed by atoms with van der Waals surface area (Å²) in [4.78, 5) is 11.8. The van der Waals surface area contributed by atoms with Crippen LogP contribution in [0.2, 0.25) is 0 Å². The minimum atomic E-state index is 0.766. The van der Waals surface area contributed by atoms with E-state index in [4.69, 9.17) is 9.73 Å². The molecule has 0 fully saturated rings. The number of aliphatic imine (C=N–C) groups is 1. The van der Waals surface area contributed by atoms with Crippen LogP contribution in [0.3, 0.4) is 0 Å². The summed E-state index contributed by atoms with van der Waals surface area (Å²) < 4.78 is 5.60. The van der Waals surface area contributed by atoms with Crippen LogP contribution in [0.25, 0.3) is 17.0 Å². The van der Waals surface area contributed by atoms with E-state index in [0.717, 1.165) is 46.3 Å². The number of rotatable bonds is 5. The number of benzene rings is 1. The first-order valence-corrected chi connectivity index (χ1v) is 9.08. The Hall–Kier alpha value is -3.05. The minimum Gasteiger partial charge on any atom is -0.494 e. The van der Waals surface area contributed by atoms with Crippen molar-refractivity contribution in [3.8, 4) is 0 Å². The van der Waals surface area contributed by atoms with E-state index in [9.17, 15) is 0 Å². The maximum Gasteiger partial charge on any atom is 0.146 e. The van der Waals surface area contributed by atoms with Crippen LogP contribution in [0.4, 0.5) is 0 Å². The van der Waals surface area contributed by atoms with Crippen molar-refractivity contribution >= 4 is 22.7 Å². The molecule has 0 spiro atoms. The Labute approximate surface area is 158 Å². The Balaban J connectivity index is 1.83. The van der Waals surface area contributed by atoms with Gasteiger partial charge in [-0.05, 0) is 44.7 Å². The number of H-pyrrole nitrogens is 2. The topological polar surface area (TPSA) is 65.2 Å². The Kier molecular flexibility index (Phi) is 4.46. The lowest BCUT2D eigenvalue weighted by Gasteiger charge is -2.02. The number of para-hydroxylation sites is 1. The summed E-state index contributed by atoms with van der Waals surface area (Å²) in [6, 6.07) is 10.5. The number of fused-ring (bicyclic) bond motifs is 1. The van der Waals surface area contributed by atoms with Crippen LogP contribution in [0.5, 0.6) is 0 Å². The zero-order valence-electron chi connectivity index (χ0n) is 16.1. The predicted octanol–water partition coefficient (Wildman–Crippen LogP) is 4.21.